The van der Waals surface area contributed by atoms with Crippen molar-refractivity contribution in [2.45, 2.75) is 26.3 Å². The number of pyridine rings is 1. The summed E-state index contributed by atoms with van der Waals surface area (Å²) in [5.74, 6) is -1.06. The normalized spacial score (nSPS) is 11.0. The van der Waals surface area contributed by atoms with Gasteiger partial charge in [0.25, 0.3) is 5.56 Å². The molecule has 0 aliphatic heterocycles. The Balaban J connectivity index is 2.53. The summed E-state index contributed by atoms with van der Waals surface area (Å²) in [6, 6.07) is 13.3. The van der Waals surface area contributed by atoms with Gasteiger partial charge in [-0.3, -0.25) is 4.79 Å². The van der Waals surface area contributed by atoms with Gasteiger partial charge in [0.05, 0.1) is 5.69 Å². The summed E-state index contributed by atoms with van der Waals surface area (Å²) >= 11 is 0. The minimum atomic E-state index is -1.06. The molecule has 0 radical (unpaired) electrons. The smallest absolute Gasteiger partial charge is 0.328 e. The monoisotopic (exact) mass is 297 g/mol. The van der Waals surface area contributed by atoms with Crippen molar-refractivity contribution in [1.82, 2.24) is 4.57 Å². The molecule has 0 aliphatic carbocycles. The highest BCUT2D eigenvalue weighted by Crippen LogP contribution is 2.18. The minimum absolute atomic E-state index is 0.160. The van der Waals surface area contributed by atoms with Gasteiger partial charge in [-0.2, -0.15) is 0 Å². The van der Waals surface area contributed by atoms with Crippen LogP contribution in [-0.4, -0.2) is 15.6 Å². The number of rotatable bonds is 6. The fourth-order valence-electron chi connectivity index (χ4n) is 2.28. The molecule has 0 unspecified atom stereocenters. The Morgan fingerprint density at radius 2 is 1.91 bits per heavy atom. The van der Waals surface area contributed by atoms with Crippen LogP contribution in [0.3, 0.4) is 0 Å². The van der Waals surface area contributed by atoms with E-state index in [0.717, 1.165) is 30.2 Å². The quantitative estimate of drug-likeness (QED) is 0.831. The predicted molar refractivity (Wildman–Crippen MR) is 87.7 cm³/mol. The lowest BCUT2D eigenvalue weighted by Crippen LogP contribution is -2.23. The van der Waals surface area contributed by atoms with Gasteiger partial charge in [0.2, 0.25) is 0 Å². The number of carboxylic acid groups (broad SMARTS) is 1. The number of unbranched alkanes of at least 4 members (excludes halogenated alkanes) is 1. The molecule has 0 spiro atoms. The second kappa shape index (κ2) is 7.41. The number of benzene rings is 1. The molecule has 0 saturated heterocycles. The van der Waals surface area contributed by atoms with Crippen molar-refractivity contribution < 1.29 is 9.90 Å². The van der Waals surface area contributed by atoms with E-state index in [0.29, 0.717) is 12.1 Å². The molecule has 1 N–H and O–H groups in total. The van der Waals surface area contributed by atoms with Crippen molar-refractivity contribution in [2.75, 3.05) is 0 Å². The number of hydrogen-bond acceptors (Lipinski definition) is 2. The third-order valence-corrected chi connectivity index (χ3v) is 3.41. The number of aliphatic carboxylic acids is 1. The summed E-state index contributed by atoms with van der Waals surface area (Å²) in [6.45, 7) is 2.69. The molecule has 4 nitrogen and oxygen atoms in total. The van der Waals surface area contributed by atoms with Crippen LogP contribution in [0.5, 0.6) is 0 Å². The number of carbonyl (C=O) groups is 1. The van der Waals surface area contributed by atoms with E-state index in [1.807, 2.05) is 36.4 Å². The van der Waals surface area contributed by atoms with E-state index >= 15 is 0 Å². The third-order valence-electron chi connectivity index (χ3n) is 3.41. The van der Waals surface area contributed by atoms with Crippen molar-refractivity contribution in [3.05, 3.63) is 64.5 Å². The molecule has 1 heterocycles. The van der Waals surface area contributed by atoms with Crippen LogP contribution in [0.1, 0.15) is 25.3 Å². The van der Waals surface area contributed by atoms with Gasteiger partial charge in [-0.15, -0.1) is 0 Å². The topological polar surface area (TPSA) is 59.3 Å². The van der Waals surface area contributed by atoms with Crippen molar-refractivity contribution in [2.24, 2.45) is 0 Å². The van der Waals surface area contributed by atoms with E-state index in [-0.39, 0.29) is 5.56 Å². The maximum atomic E-state index is 12.6. The summed E-state index contributed by atoms with van der Waals surface area (Å²) in [6.07, 6.45) is 4.21. The van der Waals surface area contributed by atoms with Gasteiger partial charge >= 0.3 is 5.97 Å². The summed E-state index contributed by atoms with van der Waals surface area (Å²) in [4.78, 5) is 23.2. The standard InChI is InChI=1S/C18H19NO3/c1-2-3-13-19-16(14-7-5-4-6-8-14)11-9-15(18(19)22)10-12-17(20)21/h4-12H,2-3,13H2,1H3,(H,20,21)/b12-10+. The van der Waals surface area contributed by atoms with E-state index < -0.39 is 5.97 Å². The van der Waals surface area contributed by atoms with Gasteiger partial charge in [0, 0.05) is 18.2 Å². The second-order valence-electron chi connectivity index (χ2n) is 5.02. The molecule has 0 fully saturated rings. The third kappa shape index (κ3) is 3.73. The first-order valence-corrected chi connectivity index (χ1v) is 7.33. The zero-order valence-electron chi connectivity index (χ0n) is 12.5. The van der Waals surface area contributed by atoms with Gasteiger partial charge in [0.1, 0.15) is 0 Å². The van der Waals surface area contributed by atoms with Gasteiger partial charge in [-0.1, -0.05) is 43.7 Å². The van der Waals surface area contributed by atoms with Crippen LogP contribution in [0.15, 0.2) is 53.3 Å². The molecule has 4 heteroatoms. The second-order valence-corrected chi connectivity index (χ2v) is 5.02. The summed E-state index contributed by atoms with van der Waals surface area (Å²) < 4.78 is 1.72. The zero-order valence-corrected chi connectivity index (χ0v) is 12.5. The van der Waals surface area contributed by atoms with Crippen LogP contribution in [-0.2, 0) is 11.3 Å². The molecular formula is C18H19NO3. The average molecular weight is 297 g/mol. The van der Waals surface area contributed by atoms with Crippen molar-refractivity contribution >= 4 is 12.0 Å². The highest BCUT2D eigenvalue weighted by Gasteiger charge is 2.09. The Morgan fingerprint density at radius 1 is 1.18 bits per heavy atom. The summed E-state index contributed by atoms with van der Waals surface area (Å²) in [7, 11) is 0. The van der Waals surface area contributed by atoms with E-state index in [9.17, 15) is 9.59 Å². The van der Waals surface area contributed by atoms with Gasteiger partial charge in [-0.05, 0) is 30.2 Å². The Morgan fingerprint density at radius 3 is 2.55 bits per heavy atom. The average Bonchev–Trinajstić information content (AvgIpc) is 2.53. The number of hydrogen-bond donors (Lipinski definition) is 1. The number of aromatic nitrogens is 1. The van der Waals surface area contributed by atoms with Crippen molar-refractivity contribution in [1.29, 1.82) is 0 Å². The molecular weight excluding hydrogens is 278 g/mol. The van der Waals surface area contributed by atoms with Crippen LogP contribution in [0.25, 0.3) is 17.3 Å². The number of nitrogens with zero attached hydrogens (tertiary/aromatic N) is 1. The molecule has 2 aromatic rings. The highest BCUT2D eigenvalue weighted by atomic mass is 16.4. The molecule has 114 valence electrons. The van der Waals surface area contributed by atoms with Crippen LogP contribution in [0, 0.1) is 0 Å². The lowest BCUT2D eigenvalue weighted by molar-refractivity contribution is -0.131. The van der Waals surface area contributed by atoms with Gasteiger partial charge < -0.3 is 9.67 Å². The molecule has 2 rings (SSSR count). The fraction of sp³-hybridized carbons (Fsp3) is 0.222. The zero-order chi connectivity index (χ0) is 15.9. The van der Waals surface area contributed by atoms with E-state index in [2.05, 4.69) is 6.92 Å². The van der Waals surface area contributed by atoms with Crippen molar-refractivity contribution in [3.8, 4) is 11.3 Å². The minimum Gasteiger partial charge on any atom is -0.478 e. The molecule has 0 saturated carbocycles. The summed E-state index contributed by atoms with van der Waals surface area (Å²) in [5, 5.41) is 8.71. The van der Waals surface area contributed by atoms with Crippen LogP contribution < -0.4 is 5.56 Å². The van der Waals surface area contributed by atoms with Gasteiger partial charge in [-0.25, -0.2) is 4.79 Å². The first-order chi connectivity index (χ1) is 10.6. The maximum absolute atomic E-state index is 12.6. The highest BCUT2D eigenvalue weighted by molar-refractivity contribution is 5.85. The Hall–Kier alpha value is -2.62. The number of carboxylic acids is 1. The molecule has 0 bridgehead atoms. The van der Waals surface area contributed by atoms with Crippen LogP contribution in [0.4, 0.5) is 0 Å². The molecule has 1 aromatic carbocycles. The van der Waals surface area contributed by atoms with Crippen molar-refractivity contribution in [3.63, 3.8) is 0 Å². The molecule has 1 aromatic heterocycles. The largest absolute Gasteiger partial charge is 0.478 e. The SMILES string of the molecule is CCCCn1c(-c2ccccc2)ccc(/C=C/C(=O)O)c1=O. The van der Waals surface area contributed by atoms with Crippen LogP contribution in [0.2, 0.25) is 0 Å². The predicted octanol–water partition coefficient (Wildman–Crippen LogP) is 3.41. The maximum Gasteiger partial charge on any atom is 0.328 e. The van der Waals surface area contributed by atoms with Gasteiger partial charge in [0.15, 0.2) is 0 Å². The van der Waals surface area contributed by atoms with E-state index in [1.165, 1.54) is 6.08 Å². The molecule has 22 heavy (non-hydrogen) atoms. The Kier molecular flexibility index (Phi) is 5.31. The molecule has 0 atom stereocenters. The lowest BCUT2D eigenvalue weighted by atomic mass is 10.1. The first kappa shape index (κ1) is 15.8. The molecule has 0 amide bonds. The van der Waals surface area contributed by atoms with E-state index in [1.54, 1.807) is 10.6 Å². The Bertz CT molecular complexity index is 730. The first-order valence-electron chi connectivity index (χ1n) is 7.33. The molecule has 0 aliphatic rings. The van der Waals surface area contributed by atoms with Crippen LogP contribution >= 0.6 is 0 Å². The fourth-order valence-corrected chi connectivity index (χ4v) is 2.28. The summed E-state index contributed by atoms with van der Waals surface area (Å²) in [5.41, 5.74) is 2.06. The Labute approximate surface area is 129 Å². The lowest BCUT2D eigenvalue weighted by Gasteiger charge is -2.13. The van der Waals surface area contributed by atoms with E-state index in [4.69, 9.17) is 5.11 Å².